The standard InChI is InChI=1S/C26H45BrO5Si2/c1-17-24(32-34(11,12)26(6,7)8)23(31-33(9,10)25(3,4)5)16-22(29-17)20-14-13-19(27)15-21(20)30-18(2)28/h13-15,17,22-24H,16H2,1-12H3/t17-,22-,23-,24-/m1/s1. The molecular formula is C26H45BrO5Si2. The molecule has 0 amide bonds. The predicted octanol–water partition coefficient (Wildman–Crippen LogP) is 8.01. The van der Waals surface area contributed by atoms with E-state index in [1.54, 1.807) is 0 Å². The van der Waals surface area contributed by atoms with Crippen molar-refractivity contribution in [3.63, 3.8) is 0 Å². The highest BCUT2D eigenvalue weighted by Gasteiger charge is 2.49. The molecule has 1 fully saturated rings. The monoisotopic (exact) mass is 572 g/mol. The summed E-state index contributed by atoms with van der Waals surface area (Å²) in [5, 5.41) is 0.158. The Morgan fingerprint density at radius 1 is 1.00 bits per heavy atom. The zero-order valence-corrected chi connectivity index (χ0v) is 26.8. The Kier molecular flexibility index (Phi) is 9.14. The van der Waals surface area contributed by atoms with E-state index in [1.807, 2.05) is 18.2 Å². The molecule has 34 heavy (non-hydrogen) atoms. The number of ether oxygens (including phenoxy) is 2. The third-order valence-corrected chi connectivity index (χ3v) is 17.2. The lowest BCUT2D eigenvalue weighted by Crippen LogP contribution is -2.57. The Bertz CT molecular complexity index is 873. The van der Waals surface area contributed by atoms with Crippen molar-refractivity contribution in [2.75, 3.05) is 0 Å². The van der Waals surface area contributed by atoms with Crippen LogP contribution in [-0.4, -0.2) is 40.9 Å². The molecule has 0 spiro atoms. The molecule has 1 saturated heterocycles. The average molecular weight is 574 g/mol. The van der Waals surface area contributed by atoms with Gasteiger partial charge in [0.25, 0.3) is 0 Å². The van der Waals surface area contributed by atoms with E-state index < -0.39 is 16.6 Å². The van der Waals surface area contributed by atoms with Crippen LogP contribution in [0.3, 0.4) is 0 Å². The van der Waals surface area contributed by atoms with Gasteiger partial charge < -0.3 is 18.3 Å². The third-order valence-electron chi connectivity index (χ3n) is 7.72. The molecule has 1 aliphatic rings. The SMILES string of the molecule is CC(=O)Oc1cc(Br)ccc1[C@H]1C[C@@H](O[Si](C)(C)C(C)(C)C)[C@H](O[Si](C)(C)C(C)(C)C)[C@@H](C)O1. The molecule has 4 atom stereocenters. The molecule has 2 rings (SSSR count). The maximum Gasteiger partial charge on any atom is 0.308 e. The summed E-state index contributed by atoms with van der Waals surface area (Å²) >= 11 is 3.49. The minimum atomic E-state index is -2.08. The van der Waals surface area contributed by atoms with E-state index in [0.29, 0.717) is 12.2 Å². The van der Waals surface area contributed by atoms with Crippen molar-refractivity contribution >= 4 is 38.5 Å². The summed E-state index contributed by atoms with van der Waals surface area (Å²) in [6.07, 6.45) is -0.0501. The van der Waals surface area contributed by atoms with Crippen LogP contribution in [0.25, 0.3) is 0 Å². The lowest BCUT2D eigenvalue weighted by Gasteiger charge is -2.50. The number of esters is 1. The molecule has 0 saturated carbocycles. The van der Waals surface area contributed by atoms with Crippen LogP contribution in [0.4, 0.5) is 0 Å². The molecule has 1 aromatic carbocycles. The molecule has 0 bridgehead atoms. The number of halogens is 1. The summed E-state index contributed by atoms with van der Waals surface area (Å²) in [5.74, 6) is 0.172. The lowest BCUT2D eigenvalue weighted by atomic mass is 9.94. The first-order valence-corrected chi connectivity index (χ1v) is 18.8. The highest BCUT2D eigenvalue weighted by molar-refractivity contribution is 9.10. The Labute approximate surface area is 217 Å². The van der Waals surface area contributed by atoms with Gasteiger partial charge in [0.15, 0.2) is 16.6 Å². The Morgan fingerprint density at radius 3 is 2.03 bits per heavy atom. The maximum atomic E-state index is 11.8. The number of rotatable bonds is 6. The molecule has 0 aliphatic carbocycles. The largest absolute Gasteiger partial charge is 0.426 e. The predicted molar refractivity (Wildman–Crippen MR) is 147 cm³/mol. The third kappa shape index (κ3) is 7.04. The molecule has 1 heterocycles. The molecule has 0 radical (unpaired) electrons. The van der Waals surface area contributed by atoms with Crippen LogP contribution in [0.2, 0.25) is 36.3 Å². The second-order valence-electron chi connectivity index (χ2n) is 12.6. The van der Waals surface area contributed by atoms with Crippen molar-refractivity contribution in [2.45, 2.75) is 122 Å². The topological polar surface area (TPSA) is 54.0 Å². The van der Waals surface area contributed by atoms with E-state index in [9.17, 15) is 4.79 Å². The highest BCUT2D eigenvalue weighted by atomic mass is 79.9. The molecule has 0 aromatic heterocycles. The van der Waals surface area contributed by atoms with E-state index >= 15 is 0 Å². The van der Waals surface area contributed by atoms with Gasteiger partial charge >= 0.3 is 5.97 Å². The maximum absolute atomic E-state index is 11.8. The molecule has 194 valence electrons. The number of hydrogen-bond donors (Lipinski definition) is 0. The second kappa shape index (κ2) is 10.5. The number of hydrogen-bond acceptors (Lipinski definition) is 5. The van der Waals surface area contributed by atoms with Crippen LogP contribution in [0.5, 0.6) is 5.75 Å². The first-order valence-electron chi connectivity index (χ1n) is 12.2. The van der Waals surface area contributed by atoms with Crippen molar-refractivity contribution in [3.8, 4) is 5.75 Å². The molecule has 0 N–H and O–H groups in total. The zero-order chi connectivity index (χ0) is 26.3. The molecule has 5 nitrogen and oxygen atoms in total. The fourth-order valence-corrected chi connectivity index (χ4v) is 6.67. The summed E-state index contributed by atoms with van der Waals surface area (Å²) in [6, 6.07) is 5.75. The van der Waals surface area contributed by atoms with Crippen LogP contribution >= 0.6 is 15.9 Å². The van der Waals surface area contributed by atoms with Gasteiger partial charge in [-0.2, -0.15) is 0 Å². The summed E-state index contributed by atoms with van der Waals surface area (Å²) in [5.41, 5.74) is 0.861. The van der Waals surface area contributed by atoms with Gasteiger partial charge in [0.05, 0.1) is 24.4 Å². The van der Waals surface area contributed by atoms with Gasteiger partial charge in [-0.25, -0.2) is 0 Å². The van der Waals surface area contributed by atoms with Gasteiger partial charge in [0.2, 0.25) is 0 Å². The minimum absolute atomic E-state index is 0.0755. The van der Waals surface area contributed by atoms with Crippen molar-refractivity contribution in [2.24, 2.45) is 0 Å². The van der Waals surface area contributed by atoms with E-state index in [2.05, 4.69) is 90.6 Å². The van der Waals surface area contributed by atoms with Crippen LogP contribution in [0.15, 0.2) is 22.7 Å². The number of benzene rings is 1. The van der Waals surface area contributed by atoms with Gasteiger partial charge in [-0.1, -0.05) is 63.5 Å². The van der Waals surface area contributed by atoms with Crippen LogP contribution in [-0.2, 0) is 18.4 Å². The normalized spacial score (nSPS) is 24.7. The van der Waals surface area contributed by atoms with Crippen molar-refractivity contribution in [1.82, 2.24) is 0 Å². The molecular weight excluding hydrogens is 528 g/mol. The van der Waals surface area contributed by atoms with Gasteiger partial charge in [0.1, 0.15) is 5.75 Å². The minimum Gasteiger partial charge on any atom is -0.426 e. The molecule has 8 heteroatoms. The summed E-state index contributed by atoms with van der Waals surface area (Å²) < 4.78 is 26.9. The van der Waals surface area contributed by atoms with E-state index in [-0.39, 0.29) is 40.5 Å². The van der Waals surface area contributed by atoms with Gasteiger partial charge in [-0.05, 0) is 55.3 Å². The number of carbonyl (C=O) groups excluding carboxylic acids is 1. The fourth-order valence-electron chi connectivity index (χ4n) is 3.62. The summed E-state index contributed by atoms with van der Waals surface area (Å²) in [7, 11) is -4.14. The molecule has 0 unspecified atom stereocenters. The first-order chi connectivity index (χ1) is 15.2. The highest BCUT2D eigenvalue weighted by Crippen LogP contribution is 2.46. The van der Waals surface area contributed by atoms with Gasteiger partial charge in [-0.15, -0.1) is 0 Å². The zero-order valence-electron chi connectivity index (χ0n) is 23.2. The smallest absolute Gasteiger partial charge is 0.308 e. The quantitative estimate of drug-likeness (QED) is 0.196. The van der Waals surface area contributed by atoms with Crippen LogP contribution < -0.4 is 4.74 Å². The average Bonchev–Trinajstić information content (AvgIpc) is 2.61. The van der Waals surface area contributed by atoms with Crippen molar-refractivity contribution in [3.05, 3.63) is 28.2 Å². The van der Waals surface area contributed by atoms with Crippen molar-refractivity contribution in [1.29, 1.82) is 0 Å². The summed E-state index contributed by atoms with van der Waals surface area (Å²) in [4.78, 5) is 11.8. The Hall–Kier alpha value is -0.516. The van der Waals surface area contributed by atoms with E-state index in [0.717, 1.165) is 10.0 Å². The second-order valence-corrected chi connectivity index (χ2v) is 23.0. The Morgan fingerprint density at radius 2 is 1.53 bits per heavy atom. The fraction of sp³-hybridized carbons (Fsp3) is 0.731. The van der Waals surface area contributed by atoms with Crippen LogP contribution in [0, 0.1) is 0 Å². The molecule has 1 aliphatic heterocycles. The van der Waals surface area contributed by atoms with E-state index in [4.69, 9.17) is 18.3 Å². The van der Waals surface area contributed by atoms with Gasteiger partial charge in [0, 0.05) is 23.4 Å². The van der Waals surface area contributed by atoms with Crippen molar-refractivity contribution < 1.29 is 23.1 Å². The first kappa shape index (κ1) is 29.7. The van der Waals surface area contributed by atoms with E-state index in [1.165, 1.54) is 6.92 Å². The summed E-state index contributed by atoms with van der Waals surface area (Å²) in [6.45, 7) is 26.2. The van der Waals surface area contributed by atoms with Gasteiger partial charge in [-0.3, -0.25) is 4.79 Å². The number of carbonyl (C=O) groups is 1. The van der Waals surface area contributed by atoms with Crippen LogP contribution in [0.1, 0.15) is 73.5 Å². The Balaban J connectivity index is 2.47. The lowest BCUT2D eigenvalue weighted by molar-refractivity contribution is -0.154. The molecule has 1 aromatic rings.